The summed E-state index contributed by atoms with van der Waals surface area (Å²) in [6.07, 6.45) is 1.60. The van der Waals surface area contributed by atoms with Crippen LogP contribution >= 0.6 is 0 Å². The molecule has 160 valence electrons. The molecule has 6 nitrogen and oxygen atoms in total. The van der Waals surface area contributed by atoms with E-state index in [0.717, 1.165) is 17.2 Å². The van der Waals surface area contributed by atoms with Gasteiger partial charge in [0.25, 0.3) is 0 Å². The molecule has 3 aromatic carbocycles. The second-order valence-corrected chi connectivity index (χ2v) is 6.49. The maximum Gasteiger partial charge on any atom is 0.225 e. The summed E-state index contributed by atoms with van der Waals surface area (Å²) in [4.78, 5) is 4.65. The number of hydrogen-bond donors (Lipinski definition) is 0. The fourth-order valence-corrected chi connectivity index (χ4v) is 2.60. The van der Waals surface area contributed by atoms with Gasteiger partial charge >= 0.3 is 0 Å². The molecule has 0 N–H and O–H groups in total. The van der Waals surface area contributed by atoms with Crippen LogP contribution in [-0.4, -0.2) is 27.2 Å². The Balaban J connectivity index is 1.87. The van der Waals surface area contributed by atoms with Gasteiger partial charge in [0.1, 0.15) is 28.7 Å². The maximum absolute atomic E-state index is 6.07. The molecule has 0 saturated heterocycles. The molecule has 0 unspecified atom stereocenters. The molecule has 0 radical (unpaired) electrons. The lowest BCUT2D eigenvalue weighted by Crippen LogP contribution is -2.11. The summed E-state index contributed by atoms with van der Waals surface area (Å²) < 4.78 is 27.5. The fourth-order valence-electron chi connectivity index (χ4n) is 2.60. The molecule has 0 heterocycles. The van der Waals surface area contributed by atoms with Crippen LogP contribution in [0.4, 0.5) is 5.69 Å². The van der Waals surface area contributed by atoms with Gasteiger partial charge in [0.15, 0.2) is 0 Å². The standard InChI is InChI=1S/C25H25NO5/c1-18(17-30-22-14-12-21(28-3)13-15-22)25(26-19-8-10-20(27-2)11-9-19)31-24-7-5-6-23(16-24)29-4/h5-17H,1-4H3/b18-17+,26-25?. The lowest BCUT2D eigenvalue weighted by molar-refractivity contribution is 0.411. The minimum Gasteiger partial charge on any atom is -0.497 e. The van der Waals surface area contributed by atoms with Crippen LogP contribution in [0, 0.1) is 0 Å². The quantitative estimate of drug-likeness (QED) is 0.262. The zero-order valence-electron chi connectivity index (χ0n) is 18.0. The van der Waals surface area contributed by atoms with Crippen molar-refractivity contribution in [1.29, 1.82) is 0 Å². The van der Waals surface area contributed by atoms with Gasteiger partial charge in [0.2, 0.25) is 5.90 Å². The van der Waals surface area contributed by atoms with Crippen LogP contribution in [0.3, 0.4) is 0 Å². The molecule has 0 saturated carbocycles. The van der Waals surface area contributed by atoms with Crippen LogP contribution in [0.5, 0.6) is 28.7 Å². The van der Waals surface area contributed by atoms with Crippen LogP contribution in [0.2, 0.25) is 0 Å². The van der Waals surface area contributed by atoms with E-state index in [1.807, 2.05) is 73.7 Å². The van der Waals surface area contributed by atoms with Crippen LogP contribution < -0.4 is 23.7 Å². The Morgan fingerprint density at radius 2 is 1.23 bits per heavy atom. The van der Waals surface area contributed by atoms with E-state index in [1.165, 1.54) is 0 Å². The molecule has 6 heteroatoms. The van der Waals surface area contributed by atoms with Gasteiger partial charge in [-0.15, -0.1) is 0 Å². The van der Waals surface area contributed by atoms with Crippen molar-refractivity contribution in [3.8, 4) is 28.7 Å². The Kier molecular flexibility index (Phi) is 7.54. The zero-order chi connectivity index (χ0) is 22.1. The third-order valence-corrected chi connectivity index (χ3v) is 4.33. The summed E-state index contributed by atoms with van der Waals surface area (Å²) in [5.41, 5.74) is 1.42. The van der Waals surface area contributed by atoms with Crippen molar-refractivity contribution in [2.75, 3.05) is 21.3 Å². The Bertz CT molecular complexity index is 1040. The molecule has 0 aliphatic heterocycles. The van der Waals surface area contributed by atoms with Crippen molar-refractivity contribution in [1.82, 2.24) is 0 Å². The van der Waals surface area contributed by atoms with E-state index in [-0.39, 0.29) is 0 Å². The van der Waals surface area contributed by atoms with Gasteiger partial charge in [0.05, 0.1) is 33.3 Å². The van der Waals surface area contributed by atoms with Gasteiger partial charge < -0.3 is 23.7 Å². The highest BCUT2D eigenvalue weighted by Gasteiger charge is 2.09. The van der Waals surface area contributed by atoms with Gasteiger partial charge in [-0.3, -0.25) is 0 Å². The predicted octanol–water partition coefficient (Wildman–Crippen LogP) is 5.80. The minimum absolute atomic E-state index is 0.395. The summed E-state index contributed by atoms with van der Waals surface area (Å²) >= 11 is 0. The first kappa shape index (κ1) is 21.8. The number of benzene rings is 3. The highest BCUT2D eigenvalue weighted by atomic mass is 16.5. The van der Waals surface area contributed by atoms with Crippen molar-refractivity contribution in [2.24, 2.45) is 4.99 Å². The number of nitrogens with zero attached hydrogens (tertiary/aromatic N) is 1. The smallest absolute Gasteiger partial charge is 0.225 e. The minimum atomic E-state index is 0.395. The highest BCUT2D eigenvalue weighted by Crippen LogP contribution is 2.24. The lowest BCUT2D eigenvalue weighted by Gasteiger charge is -2.11. The van der Waals surface area contributed by atoms with Gasteiger partial charge in [-0.05, 0) is 67.6 Å². The first-order valence-corrected chi connectivity index (χ1v) is 9.64. The highest BCUT2D eigenvalue weighted by molar-refractivity contribution is 5.96. The molecule has 0 atom stereocenters. The molecule has 0 amide bonds. The number of ether oxygens (including phenoxy) is 5. The van der Waals surface area contributed by atoms with Gasteiger partial charge in [-0.1, -0.05) is 6.07 Å². The molecule has 0 fully saturated rings. The first-order chi connectivity index (χ1) is 15.1. The van der Waals surface area contributed by atoms with Gasteiger partial charge in [0, 0.05) is 11.6 Å². The average molecular weight is 419 g/mol. The summed E-state index contributed by atoms with van der Waals surface area (Å²) in [6.45, 7) is 1.87. The van der Waals surface area contributed by atoms with Crippen molar-refractivity contribution >= 4 is 11.6 Å². The van der Waals surface area contributed by atoms with E-state index in [1.54, 1.807) is 33.7 Å². The Morgan fingerprint density at radius 1 is 0.677 bits per heavy atom. The summed E-state index contributed by atoms with van der Waals surface area (Å²) in [5.74, 6) is 3.87. The van der Waals surface area contributed by atoms with E-state index in [4.69, 9.17) is 23.7 Å². The number of hydrogen-bond acceptors (Lipinski definition) is 6. The summed E-state index contributed by atoms with van der Waals surface area (Å²) in [6, 6.07) is 22.0. The van der Waals surface area contributed by atoms with Crippen molar-refractivity contribution < 1.29 is 23.7 Å². The Labute approximate surface area is 182 Å². The molecule has 0 bridgehead atoms. The molecule has 0 spiro atoms. The molecule has 0 aromatic heterocycles. The molecule has 3 aromatic rings. The molecule has 31 heavy (non-hydrogen) atoms. The van der Waals surface area contributed by atoms with E-state index in [2.05, 4.69) is 4.99 Å². The van der Waals surface area contributed by atoms with Crippen LogP contribution in [-0.2, 0) is 0 Å². The van der Waals surface area contributed by atoms with Crippen LogP contribution in [0.25, 0.3) is 0 Å². The van der Waals surface area contributed by atoms with E-state index in [9.17, 15) is 0 Å². The van der Waals surface area contributed by atoms with Gasteiger partial charge in [-0.2, -0.15) is 0 Å². The number of methoxy groups -OCH3 is 3. The molecule has 0 aliphatic carbocycles. The first-order valence-electron chi connectivity index (χ1n) is 9.64. The Hall–Kier alpha value is -3.93. The predicted molar refractivity (Wildman–Crippen MR) is 121 cm³/mol. The third kappa shape index (κ3) is 6.27. The Morgan fingerprint density at radius 3 is 1.84 bits per heavy atom. The molecular weight excluding hydrogens is 394 g/mol. The number of aliphatic imine (C=N–C) groups is 1. The third-order valence-electron chi connectivity index (χ3n) is 4.33. The van der Waals surface area contributed by atoms with Gasteiger partial charge in [-0.25, -0.2) is 4.99 Å². The molecule has 3 rings (SSSR count). The monoisotopic (exact) mass is 419 g/mol. The van der Waals surface area contributed by atoms with Crippen molar-refractivity contribution in [3.63, 3.8) is 0 Å². The fraction of sp³-hybridized carbons (Fsp3) is 0.160. The SMILES string of the molecule is COc1ccc(N=C(Oc2cccc(OC)c2)/C(C)=C/Oc2ccc(OC)cc2)cc1. The van der Waals surface area contributed by atoms with E-state index < -0.39 is 0 Å². The second kappa shape index (κ2) is 10.7. The molecule has 0 aliphatic rings. The zero-order valence-corrected chi connectivity index (χ0v) is 18.0. The number of rotatable bonds is 8. The topological polar surface area (TPSA) is 58.5 Å². The normalized spacial score (nSPS) is 11.6. The van der Waals surface area contributed by atoms with Crippen molar-refractivity contribution in [3.05, 3.63) is 84.6 Å². The summed E-state index contributed by atoms with van der Waals surface area (Å²) in [5, 5.41) is 0. The van der Waals surface area contributed by atoms with Crippen LogP contribution in [0.1, 0.15) is 6.92 Å². The van der Waals surface area contributed by atoms with Crippen molar-refractivity contribution in [2.45, 2.75) is 6.92 Å². The average Bonchev–Trinajstić information content (AvgIpc) is 2.83. The maximum atomic E-state index is 6.07. The largest absolute Gasteiger partial charge is 0.497 e. The lowest BCUT2D eigenvalue weighted by atomic mass is 10.3. The molecular formula is C25H25NO5. The summed E-state index contributed by atoms with van der Waals surface area (Å²) in [7, 11) is 4.86. The van der Waals surface area contributed by atoms with E-state index in [0.29, 0.717) is 28.7 Å². The second-order valence-electron chi connectivity index (χ2n) is 6.49. The van der Waals surface area contributed by atoms with Crippen LogP contribution in [0.15, 0.2) is 89.6 Å². The van der Waals surface area contributed by atoms with E-state index >= 15 is 0 Å².